The lowest BCUT2D eigenvalue weighted by atomic mass is 10.1. The summed E-state index contributed by atoms with van der Waals surface area (Å²) in [6.45, 7) is 2.05. The highest BCUT2D eigenvalue weighted by molar-refractivity contribution is 5.99. The van der Waals surface area contributed by atoms with Crippen LogP contribution in [0.1, 0.15) is 41.6 Å². The molecule has 2 N–H and O–H groups in total. The molecule has 0 aromatic heterocycles. The number of rotatable bonds is 8. The number of likely N-dealkylation sites (tertiary alicyclic amines) is 1. The summed E-state index contributed by atoms with van der Waals surface area (Å²) in [5.41, 5.74) is 7.16. The first-order valence-corrected chi connectivity index (χ1v) is 10.7. The van der Waals surface area contributed by atoms with Crippen molar-refractivity contribution in [1.82, 2.24) is 4.90 Å². The number of hydrogen-bond donors (Lipinski definition) is 1. The summed E-state index contributed by atoms with van der Waals surface area (Å²) in [4.78, 5) is 15.3. The Bertz CT molecular complexity index is 875. The third-order valence-corrected chi connectivity index (χ3v) is 5.48. The van der Waals surface area contributed by atoms with Gasteiger partial charge in [-0.15, -0.1) is 0 Å². The van der Waals surface area contributed by atoms with E-state index in [1.807, 2.05) is 29.2 Å². The topological polar surface area (TPSA) is 83.3 Å². The van der Waals surface area contributed by atoms with E-state index in [0.717, 1.165) is 50.8 Å². The molecule has 2 aromatic carbocycles. The second kappa shape index (κ2) is 10.9. The summed E-state index contributed by atoms with van der Waals surface area (Å²) in [6.07, 6.45) is 5.08. The van der Waals surface area contributed by atoms with E-state index in [-0.39, 0.29) is 5.91 Å². The first kappa shape index (κ1) is 22.7. The Labute approximate surface area is 184 Å². The van der Waals surface area contributed by atoms with Crippen molar-refractivity contribution in [2.45, 2.75) is 32.1 Å². The van der Waals surface area contributed by atoms with Gasteiger partial charge in [-0.05, 0) is 43.5 Å². The fraction of sp³-hybridized carbons (Fsp3) is 0.458. The van der Waals surface area contributed by atoms with E-state index in [1.165, 1.54) is 21.3 Å². The maximum absolute atomic E-state index is 13.4. The number of carbonyl (C=O) groups is 1. The molecule has 0 atom stereocenters. The highest BCUT2D eigenvalue weighted by Crippen LogP contribution is 2.48. The Kier molecular flexibility index (Phi) is 8.00. The second-order valence-electron chi connectivity index (χ2n) is 7.51. The SMILES string of the molecule is COc1c(Oc2ccc(CCN)cc2)cc(C(=O)N2CCCCCC2)c(OC)c1OC. The quantitative estimate of drug-likeness (QED) is 0.684. The van der Waals surface area contributed by atoms with Gasteiger partial charge in [0, 0.05) is 19.2 Å². The molecule has 0 aliphatic carbocycles. The molecule has 0 bridgehead atoms. The zero-order valence-corrected chi connectivity index (χ0v) is 18.6. The van der Waals surface area contributed by atoms with Crippen LogP contribution in [0.3, 0.4) is 0 Å². The van der Waals surface area contributed by atoms with Gasteiger partial charge in [-0.1, -0.05) is 25.0 Å². The fourth-order valence-corrected chi connectivity index (χ4v) is 3.88. The zero-order valence-electron chi connectivity index (χ0n) is 18.6. The Morgan fingerprint density at radius 1 is 0.903 bits per heavy atom. The number of nitrogens with zero attached hydrogens (tertiary/aromatic N) is 1. The van der Waals surface area contributed by atoms with Gasteiger partial charge < -0.3 is 29.6 Å². The van der Waals surface area contributed by atoms with Crippen molar-refractivity contribution in [1.29, 1.82) is 0 Å². The second-order valence-corrected chi connectivity index (χ2v) is 7.51. The molecular weight excluding hydrogens is 396 g/mol. The molecule has 1 fully saturated rings. The normalized spacial score (nSPS) is 14.0. The van der Waals surface area contributed by atoms with Gasteiger partial charge in [0.25, 0.3) is 5.91 Å². The fourth-order valence-electron chi connectivity index (χ4n) is 3.88. The standard InChI is InChI=1S/C24H32N2O5/c1-28-21-19(24(27)26-14-6-4-5-7-15-26)16-20(22(29-2)23(21)30-3)31-18-10-8-17(9-11-18)12-13-25/h8-11,16H,4-7,12-15,25H2,1-3H3. The molecule has 1 amide bonds. The average Bonchev–Trinajstić information content (AvgIpc) is 3.08. The molecule has 0 radical (unpaired) electrons. The minimum absolute atomic E-state index is 0.0946. The zero-order chi connectivity index (χ0) is 22.2. The van der Waals surface area contributed by atoms with E-state index in [2.05, 4.69) is 0 Å². The van der Waals surface area contributed by atoms with Crippen LogP contribution in [0.2, 0.25) is 0 Å². The van der Waals surface area contributed by atoms with Crippen LogP contribution in [0.25, 0.3) is 0 Å². The monoisotopic (exact) mass is 428 g/mol. The highest BCUT2D eigenvalue weighted by atomic mass is 16.5. The average molecular weight is 429 g/mol. The van der Waals surface area contributed by atoms with Gasteiger partial charge in [0.2, 0.25) is 11.5 Å². The summed E-state index contributed by atoms with van der Waals surface area (Å²) in [6, 6.07) is 9.37. The molecule has 168 valence electrons. The van der Waals surface area contributed by atoms with Gasteiger partial charge in [-0.3, -0.25) is 4.79 Å². The number of ether oxygens (including phenoxy) is 4. The van der Waals surface area contributed by atoms with Crippen molar-refractivity contribution < 1.29 is 23.7 Å². The lowest BCUT2D eigenvalue weighted by molar-refractivity contribution is 0.0757. The lowest BCUT2D eigenvalue weighted by Gasteiger charge is -2.24. The molecule has 3 rings (SSSR count). The van der Waals surface area contributed by atoms with E-state index in [9.17, 15) is 4.79 Å². The predicted octanol–water partition coefficient (Wildman–Crippen LogP) is 4.02. The van der Waals surface area contributed by atoms with Crippen LogP contribution in [0.15, 0.2) is 30.3 Å². The third kappa shape index (κ3) is 5.22. The molecule has 1 saturated heterocycles. The lowest BCUT2D eigenvalue weighted by Crippen LogP contribution is -2.32. The van der Waals surface area contributed by atoms with Crippen molar-refractivity contribution in [2.75, 3.05) is 41.0 Å². The first-order chi connectivity index (χ1) is 15.1. The number of benzene rings is 2. The molecule has 0 saturated carbocycles. The molecular formula is C24H32N2O5. The van der Waals surface area contributed by atoms with Crippen molar-refractivity contribution in [3.8, 4) is 28.7 Å². The molecule has 7 heteroatoms. The van der Waals surface area contributed by atoms with Crippen LogP contribution in [-0.2, 0) is 6.42 Å². The predicted molar refractivity (Wildman–Crippen MR) is 120 cm³/mol. The number of nitrogens with two attached hydrogens (primary N) is 1. The molecule has 1 heterocycles. The Hall–Kier alpha value is -2.93. The number of hydrogen-bond acceptors (Lipinski definition) is 6. The first-order valence-electron chi connectivity index (χ1n) is 10.7. The van der Waals surface area contributed by atoms with Gasteiger partial charge >= 0.3 is 0 Å². The summed E-state index contributed by atoms with van der Waals surface area (Å²) in [7, 11) is 4.57. The van der Waals surface area contributed by atoms with Crippen LogP contribution in [-0.4, -0.2) is 51.8 Å². The summed E-state index contributed by atoms with van der Waals surface area (Å²) in [5.74, 6) is 1.98. The minimum Gasteiger partial charge on any atom is -0.492 e. The van der Waals surface area contributed by atoms with Crippen molar-refractivity contribution in [3.63, 3.8) is 0 Å². The summed E-state index contributed by atoms with van der Waals surface area (Å²) in [5, 5.41) is 0. The maximum atomic E-state index is 13.4. The van der Waals surface area contributed by atoms with E-state index in [1.54, 1.807) is 6.07 Å². The molecule has 0 spiro atoms. The van der Waals surface area contributed by atoms with E-state index in [0.29, 0.717) is 40.9 Å². The van der Waals surface area contributed by atoms with Crippen LogP contribution < -0.4 is 24.7 Å². The maximum Gasteiger partial charge on any atom is 0.257 e. The van der Waals surface area contributed by atoms with Crippen LogP contribution in [0, 0.1) is 0 Å². The van der Waals surface area contributed by atoms with E-state index < -0.39 is 0 Å². The Balaban J connectivity index is 2.01. The van der Waals surface area contributed by atoms with E-state index in [4.69, 9.17) is 24.7 Å². The molecule has 1 aliphatic rings. The van der Waals surface area contributed by atoms with Crippen LogP contribution >= 0.6 is 0 Å². The van der Waals surface area contributed by atoms with Gasteiger partial charge in [0.05, 0.1) is 26.9 Å². The van der Waals surface area contributed by atoms with Gasteiger partial charge in [0.1, 0.15) is 5.75 Å². The van der Waals surface area contributed by atoms with Crippen LogP contribution in [0.5, 0.6) is 28.7 Å². The molecule has 2 aromatic rings. The molecule has 0 unspecified atom stereocenters. The third-order valence-electron chi connectivity index (χ3n) is 5.48. The number of amides is 1. The van der Waals surface area contributed by atoms with Crippen molar-refractivity contribution in [2.24, 2.45) is 5.73 Å². The largest absolute Gasteiger partial charge is 0.492 e. The Morgan fingerprint density at radius 2 is 1.52 bits per heavy atom. The molecule has 1 aliphatic heterocycles. The Morgan fingerprint density at radius 3 is 2.06 bits per heavy atom. The van der Waals surface area contributed by atoms with Crippen molar-refractivity contribution >= 4 is 5.91 Å². The molecule has 7 nitrogen and oxygen atoms in total. The van der Waals surface area contributed by atoms with Crippen molar-refractivity contribution in [3.05, 3.63) is 41.5 Å². The molecule has 31 heavy (non-hydrogen) atoms. The number of carbonyl (C=O) groups excluding carboxylic acids is 1. The van der Waals surface area contributed by atoms with Gasteiger partial charge in [-0.2, -0.15) is 0 Å². The van der Waals surface area contributed by atoms with E-state index >= 15 is 0 Å². The van der Waals surface area contributed by atoms with Gasteiger partial charge in [-0.25, -0.2) is 0 Å². The van der Waals surface area contributed by atoms with Gasteiger partial charge in [0.15, 0.2) is 11.5 Å². The summed E-state index contributed by atoms with van der Waals surface area (Å²) >= 11 is 0. The number of methoxy groups -OCH3 is 3. The minimum atomic E-state index is -0.0946. The smallest absolute Gasteiger partial charge is 0.257 e. The summed E-state index contributed by atoms with van der Waals surface area (Å²) < 4.78 is 22.8. The van der Waals surface area contributed by atoms with Crippen LogP contribution in [0.4, 0.5) is 0 Å². The highest BCUT2D eigenvalue weighted by Gasteiger charge is 2.28.